The van der Waals surface area contributed by atoms with Crippen molar-refractivity contribution >= 4 is 55.6 Å². The molecule has 0 spiro atoms. The Morgan fingerprint density at radius 2 is 1.92 bits per heavy atom. The molecule has 0 radical (unpaired) electrons. The number of esters is 1. The smallest absolute Gasteiger partial charge is 0.350 e. The second kappa shape index (κ2) is 7.01. The van der Waals surface area contributed by atoms with Crippen LogP contribution in [0.4, 0.5) is 5.69 Å². The standard InChI is InChI=1S/C16H18INO4S2/c1-16(2,3)10-5-6-13(11(17)9-10)24(20,21)18-12-7-8-23-14(12)15(19)22-4/h5-9,18H,1-4H3. The van der Waals surface area contributed by atoms with Crippen molar-refractivity contribution in [1.29, 1.82) is 0 Å². The second-order valence-corrected chi connectivity index (χ2v) is 9.88. The number of hydrogen-bond acceptors (Lipinski definition) is 5. The van der Waals surface area contributed by atoms with Crippen molar-refractivity contribution in [3.63, 3.8) is 0 Å². The summed E-state index contributed by atoms with van der Waals surface area (Å²) >= 11 is 3.14. The third-order valence-electron chi connectivity index (χ3n) is 3.37. The van der Waals surface area contributed by atoms with Crippen molar-refractivity contribution in [2.75, 3.05) is 11.8 Å². The monoisotopic (exact) mass is 479 g/mol. The number of benzene rings is 1. The van der Waals surface area contributed by atoms with Crippen molar-refractivity contribution in [3.05, 3.63) is 43.7 Å². The molecule has 0 saturated carbocycles. The van der Waals surface area contributed by atoms with Gasteiger partial charge in [0.25, 0.3) is 10.0 Å². The van der Waals surface area contributed by atoms with Gasteiger partial charge in [0.05, 0.1) is 12.8 Å². The maximum absolute atomic E-state index is 12.7. The number of halogens is 1. The van der Waals surface area contributed by atoms with E-state index in [1.54, 1.807) is 17.5 Å². The molecule has 1 aromatic carbocycles. The topological polar surface area (TPSA) is 72.5 Å². The van der Waals surface area contributed by atoms with Crippen molar-refractivity contribution in [2.24, 2.45) is 0 Å². The van der Waals surface area contributed by atoms with Gasteiger partial charge in [0, 0.05) is 3.57 Å². The van der Waals surface area contributed by atoms with Gasteiger partial charge in [-0.15, -0.1) is 11.3 Å². The van der Waals surface area contributed by atoms with E-state index in [9.17, 15) is 13.2 Å². The first kappa shape index (κ1) is 19.2. The van der Waals surface area contributed by atoms with E-state index in [0.717, 1.165) is 16.9 Å². The van der Waals surface area contributed by atoms with Gasteiger partial charge < -0.3 is 4.74 Å². The third kappa shape index (κ3) is 4.09. The van der Waals surface area contributed by atoms with Gasteiger partial charge in [0.1, 0.15) is 9.77 Å². The maximum Gasteiger partial charge on any atom is 0.350 e. The fourth-order valence-electron chi connectivity index (χ4n) is 2.03. The summed E-state index contributed by atoms with van der Waals surface area (Å²) in [6, 6.07) is 6.81. The molecule has 0 atom stereocenters. The van der Waals surface area contributed by atoms with Crippen LogP contribution in [0.3, 0.4) is 0 Å². The minimum absolute atomic E-state index is 0.0684. The van der Waals surface area contributed by atoms with Crippen molar-refractivity contribution in [3.8, 4) is 0 Å². The molecule has 1 heterocycles. The molecule has 8 heteroatoms. The van der Waals surface area contributed by atoms with Crippen LogP contribution in [0.2, 0.25) is 0 Å². The minimum atomic E-state index is -3.80. The summed E-state index contributed by atoms with van der Waals surface area (Å²) in [5.41, 5.74) is 1.21. The van der Waals surface area contributed by atoms with Crippen LogP contribution >= 0.6 is 33.9 Å². The molecular formula is C16H18INO4S2. The molecule has 0 unspecified atom stereocenters. The molecule has 0 aliphatic carbocycles. The van der Waals surface area contributed by atoms with Crippen LogP contribution in [-0.4, -0.2) is 21.5 Å². The molecule has 0 fully saturated rings. The number of thiophene rings is 1. The first-order valence-electron chi connectivity index (χ1n) is 7.05. The fraction of sp³-hybridized carbons (Fsp3) is 0.312. The highest BCUT2D eigenvalue weighted by Crippen LogP contribution is 2.30. The zero-order valence-corrected chi connectivity index (χ0v) is 17.5. The van der Waals surface area contributed by atoms with E-state index < -0.39 is 16.0 Å². The van der Waals surface area contributed by atoms with Crippen molar-refractivity contribution < 1.29 is 17.9 Å². The molecule has 2 aromatic rings. The Kier molecular flexibility index (Phi) is 5.61. The number of hydrogen-bond donors (Lipinski definition) is 1. The Labute approximate surface area is 159 Å². The molecule has 1 aromatic heterocycles. The number of methoxy groups -OCH3 is 1. The molecule has 1 N–H and O–H groups in total. The predicted molar refractivity (Wildman–Crippen MR) is 104 cm³/mol. The zero-order chi connectivity index (χ0) is 18.1. The van der Waals surface area contributed by atoms with Crippen LogP contribution in [0.1, 0.15) is 36.0 Å². The van der Waals surface area contributed by atoms with Crippen LogP contribution < -0.4 is 4.72 Å². The maximum atomic E-state index is 12.7. The highest BCUT2D eigenvalue weighted by molar-refractivity contribution is 14.1. The first-order chi connectivity index (χ1) is 11.1. The summed E-state index contributed by atoms with van der Waals surface area (Å²) in [6.45, 7) is 6.20. The Morgan fingerprint density at radius 3 is 2.46 bits per heavy atom. The van der Waals surface area contributed by atoms with Crippen molar-refractivity contribution in [2.45, 2.75) is 31.1 Å². The number of nitrogens with one attached hydrogen (secondary N) is 1. The highest BCUT2D eigenvalue weighted by Gasteiger charge is 2.24. The quantitative estimate of drug-likeness (QED) is 0.526. The average molecular weight is 479 g/mol. The molecule has 0 aliphatic heterocycles. The van der Waals surface area contributed by atoms with E-state index in [0.29, 0.717) is 3.57 Å². The minimum Gasteiger partial charge on any atom is -0.465 e. The molecule has 0 bridgehead atoms. The Balaban J connectivity index is 2.39. The molecule has 0 amide bonds. The van der Waals surface area contributed by atoms with E-state index in [4.69, 9.17) is 0 Å². The molecule has 0 saturated heterocycles. The summed E-state index contributed by atoms with van der Waals surface area (Å²) in [7, 11) is -2.54. The molecule has 2 rings (SSSR count). The molecule has 0 aliphatic rings. The molecule has 130 valence electrons. The van der Waals surface area contributed by atoms with Crippen molar-refractivity contribution in [1.82, 2.24) is 0 Å². The third-order valence-corrected chi connectivity index (χ3v) is 6.94. The Hall–Kier alpha value is -1.13. The van der Waals surface area contributed by atoms with Gasteiger partial charge in [-0.25, -0.2) is 13.2 Å². The van der Waals surface area contributed by atoms with Gasteiger partial charge in [0.2, 0.25) is 0 Å². The van der Waals surface area contributed by atoms with E-state index in [2.05, 4.69) is 30.2 Å². The summed E-state index contributed by atoms with van der Waals surface area (Å²) in [6.07, 6.45) is 0. The van der Waals surface area contributed by atoms with Crippen LogP contribution in [0.5, 0.6) is 0 Å². The lowest BCUT2D eigenvalue weighted by Crippen LogP contribution is -2.17. The van der Waals surface area contributed by atoms with Gasteiger partial charge in [-0.1, -0.05) is 26.8 Å². The normalized spacial score (nSPS) is 12.0. The largest absolute Gasteiger partial charge is 0.465 e. The number of sulfonamides is 1. The average Bonchev–Trinajstić information content (AvgIpc) is 2.92. The van der Waals surface area contributed by atoms with E-state index >= 15 is 0 Å². The molecular weight excluding hydrogens is 461 g/mol. The van der Waals surface area contributed by atoms with Gasteiger partial charge >= 0.3 is 5.97 Å². The van der Waals surface area contributed by atoms with Crippen LogP contribution in [0.15, 0.2) is 34.5 Å². The van der Waals surface area contributed by atoms with E-state index in [1.807, 2.05) is 34.7 Å². The Bertz CT molecular complexity index is 866. The van der Waals surface area contributed by atoms with Crippen LogP contribution in [-0.2, 0) is 20.2 Å². The van der Waals surface area contributed by atoms with E-state index in [-0.39, 0.29) is 20.9 Å². The summed E-state index contributed by atoms with van der Waals surface area (Å²) in [4.78, 5) is 12.1. The lowest BCUT2D eigenvalue weighted by molar-refractivity contribution is 0.0607. The Morgan fingerprint density at radius 1 is 1.25 bits per heavy atom. The SMILES string of the molecule is COC(=O)c1sccc1NS(=O)(=O)c1ccc(C(C)(C)C)cc1I. The molecule has 5 nitrogen and oxygen atoms in total. The number of carbonyl (C=O) groups excluding carboxylic acids is 1. The van der Waals surface area contributed by atoms with Crippen LogP contribution in [0, 0.1) is 3.57 Å². The lowest BCUT2D eigenvalue weighted by atomic mass is 9.87. The molecule has 24 heavy (non-hydrogen) atoms. The lowest BCUT2D eigenvalue weighted by Gasteiger charge is -2.20. The highest BCUT2D eigenvalue weighted by atomic mass is 127. The van der Waals surface area contributed by atoms with Gasteiger partial charge in [0.15, 0.2) is 0 Å². The predicted octanol–water partition coefficient (Wildman–Crippen LogP) is 4.24. The summed E-state index contributed by atoms with van der Waals surface area (Å²) < 4.78 is 33.1. The van der Waals surface area contributed by atoms with Gasteiger partial charge in [-0.2, -0.15) is 0 Å². The number of anilines is 1. The second-order valence-electron chi connectivity index (χ2n) is 6.16. The van der Waals surface area contributed by atoms with Crippen LogP contribution in [0.25, 0.3) is 0 Å². The summed E-state index contributed by atoms with van der Waals surface area (Å²) in [5.74, 6) is -0.569. The summed E-state index contributed by atoms with van der Waals surface area (Å²) in [5, 5.41) is 1.64. The first-order valence-corrected chi connectivity index (χ1v) is 10.5. The zero-order valence-electron chi connectivity index (χ0n) is 13.7. The van der Waals surface area contributed by atoms with E-state index in [1.165, 1.54) is 7.11 Å². The number of rotatable bonds is 4. The van der Waals surface area contributed by atoms with Gasteiger partial charge in [-0.05, 0) is 57.1 Å². The fourth-order valence-corrected chi connectivity index (χ4v) is 5.37. The van der Waals surface area contributed by atoms with Gasteiger partial charge in [-0.3, -0.25) is 4.72 Å². The number of ether oxygens (including phenoxy) is 1. The number of carbonyl (C=O) groups is 1.